The van der Waals surface area contributed by atoms with Crippen LogP contribution in [0.25, 0.3) is 23.5 Å². The lowest BCUT2D eigenvalue weighted by molar-refractivity contribution is -0.384. The van der Waals surface area contributed by atoms with E-state index >= 15 is 0 Å². The van der Waals surface area contributed by atoms with Crippen molar-refractivity contribution in [3.8, 4) is 11.4 Å². The van der Waals surface area contributed by atoms with E-state index < -0.39 is 4.92 Å². The molecule has 0 radical (unpaired) electrons. The maximum Gasteiger partial charge on any atom is 0.269 e. The highest BCUT2D eigenvalue weighted by atomic mass is 16.6. The maximum atomic E-state index is 10.7. The summed E-state index contributed by atoms with van der Waals surface area (Å²) < 4.78 is 5.20. The topological polar surface area (TPSA) is 82.1 Å². The monoisotopic (exact) mass is 335 g/mol. The van der Waals surface area contributed by atoms with Gasteiger partial charge in [-0.05, 0) is 35.3 Å². The van der Waals surface area contributed by atoms with Crippen molar-refractivity contribution < 1.29 is 9.45 Å². The fraction of sp³-hybridized carbons (Fsp3) is 0.158. The van der Waals surface area contributed by atoms with Crippen LogP contribution >= 0.6 is 0 Å². The molecular formula is C19H17N3O3. The molecule has 0 saturated heterocycles. The molecule has 0 aliphatic heterocycles. The van der Waals surface area contributed by atoms with Crippen LogP contribution in [0.4, 0.5) is 5.69 Å². The fourth-order valence-corrected chi connectivity index (χ4v) is 2.31. The van der Waals surface area contributed by atoms with Crippen molar-refractivity contribution in [2.24, 2.45) is 0 Å². The van der Waals surface area contributed by atoms with E-state index in [1.54, 1.807) is 18.2 Å². The molecule has 0 aliphatic carbocycles. The maximum absolute atomic E-state index is 10.7. The molecule has 2 aromatic carbocycles. The quantitative estimate of drug-likeness (QED) is 0.487. The number of aromatic nitrogens is 2. The van der Waals surface area contributed by atoms with Gasteiger partial charge in [0.25, 0.3) is 11.6 Å². The molecule has 1 aromatic heterocycles. The van der Waals surface area contributed by atoms with E-state index in [4.69, 9.17) is 4.52 Å². The minimum atomic E-state index is -0.446. The Bertz CT molecular complexity index is 894. The Balaban J connectivity index is 1.73. The number of non-ortho nitro benzene ring substituents is 1. The minimum Gasteiger partial charge on any atom is -0.334 e. The molecular weight excluding hydrogens is 318 g/mol. The second kappa shape index (κ2) is 7.09. The highest BCUT2D eigenvalue weighted by Crippen LogP contribution is 2.21. The average molecular weight is 335 g/mol. The lowest BCUT2D eigenvalue weighted by atomic mass is 10.0. The standard InChI is InChI=1S/C19H17N3O3/c1-13(2)15-6-3-14(4-7-15)5-12-18-20-19(21-25-18)16-8-10-17(11-9-16)22(23)24/h3-13H,1-2H3/b12-5-. The van der Waals surface area contributed by atoms with Gasteiger partial charge in [0.1, 0.15) is 0 Å². The molecule has 0 atom stereocenters. The molecule has 6 nitrogen and oxygen atoms in total. The Hall–Kier alpha value is -3.28. The number of nitrogens with zero attached hydrogens (tertiary/aromatic N) is 3. The fourth-order valence-electron chi connectivity index (χ4n) is 2.31. The Labute approximate surface area is 145 Å². The van der Waals surface area contributed by atoms with E-state index in [1.807, 2.05) is 18.2 Å². The van der Waals surface area contributed by atoms with E-state index in [0.717, 1.165) is 5.56 Å². The van der Waals surface area contributed by atoms with Gasteiger partial charge in [0, 0.05) is 23.8 Å². The van der Waals surface area contributed by atoms with E-state index in [2.05, 4.69) is 36.1 Å². The Kier molecular flexibility index (Phi) is 4.70. The first-order valence-electron chi connectivity index (χ1n) is 7.89. The van der Waals surface area contributed by atoms with Crippen molar-refractivity contribution in [1.29, 1.82) is 0 Å². The zero-order chi connectivity index (χ0) is 17.8. The normalized spacial score (nSPS) is 11.3. The third-order valence-electron chi connectivity index (χ3n) is 3.80. The molecule has 0 bridgehead atoms. The molecule has 0 N–H and O–H groups in total. The third kappa shape index (κ3) is 3.98. The molecule has 0 saturated carbocycles. The number of nitro benzene ring substituents is 1. The van der Waals surface area contributed by atoms with Gasteiger partial charge in [-0.2, -0.15) is 4.98 Å². The van der Waals surface area contributed by atoms with E-state index in [-0.39, 0.29) is 5.69 Å². The number of hydrogen-bond donors (Lipinski definition) is 0. The summed E-state index contributed by atoms with van der Waals surface area (Å²) in [7, 11) is 0. The van der Waals surface area contributed by atoms with Gasteiger partial charge >= 0.3 is 0 Å². The van der Waals surface area contributed by atoms with Gasteiger partial charge < -0.3 is 4.52 Å². The molecule has 126 valence electrons. The van der Waals surface area contributed by atoms with Gasteiger partial charge in [0.15, 0.2) is 0 Å². The zero-order valence-corrected chi connectivity index (χ0v) is 13.9. The predicted molar refractivity (Wildman–Crippen MR) is 95.8 cm³/mol. The molecule has 3 aromatic rings. The molecule has 0 spiro atoms. The third-order valence-corrected chi connectivity index (χ3v) is 3.80. The first-order valence-corrected chi connectivity index (χ1v) is 7.89. The van der Waals surface area contributed by atoms with E-state index in [9.17, 15) is 10.1 Å². The van der Waals surface area contributed by atoms with Crippen molar-refractivity contribution in [2.45, 2.75) is 19.8 Å². The van der Waals surface area contributed by atoms with Crippen molar-refractivity contribution in [2.75, 3.05) is 0 Å². The van der Waals surface area contributed by atoms with Gasteiger partial charge in [-0.3, -0.25) is 10.1 Å². The number of nitro groups is 1. The summed E-state index contributed by atoms with van der Waals surface area (Å²) >= 11 is 0. The van der Waals surface area contributed by atoms with Crippen molar-refractivity contribution in [1.82, 2.24) is 10.1 Å². The number of hydrogen-bond acceptors (Lipinski definition) is 5. The van der Waals surface area contributed by atoms with Crippen LogP contribution in [-0.2, 0) is 0 Å². The summed E-state index contributed by atoms with van der Waals surface area (Å²) in [4.78, 5) is 14.5. The predicted octanol–water partition coefficient (Wildman–Crippen LogP) is 4.94. The molecule has 0 fully saturated rings. The summed E-state index contributed by atoms with van der Waals surface area (Å²) in [6.07, 6.45) is 3.64. The van der Waals surface area contributed by atoms with Gasteiger partial charge in [-0.15, -0.1) is 0 Å². The Morgan fingerprint density at radius 1 is 1.04 bits per heavy atom. The van der Waals surface area contributed by atoms with Crippen molar-refractivity contribution in [3.05, 3.63) is 75.7 Å². The Morgan fingerprint density at radius 3 is 2.32 bits per heavy atom. The van der Waals surface area contributed by atoms with Crippen LogP contribution in [0, 0.1) is 10.1 Å². The molecule has 0 amide bonds. The zero-order valence-electron chi connectivity index (χ0n) is 13.9. The van der Waals surface area contributed by atoms with Crippen molar-refractivity contribution >= 4 is 17.8 Å². The lowest BCUT2D eigenvalue weighted by Gasteiger charge is -2.04. The van der Waals surface area contributed by atoms with E-state index in [1.165, 1.54) is 17.7 Å². The smallest absolute Gasteiger partial charge is 0.269 e. The van der Waals surface area contributed by atoms with Gasteiger partial charge in [0.2, 0.25) is 5.82 Å². The van der Waals surface area contributed by atoms with Crippen LogP contribution in [0.15, 0.2) is 53.1 Å². The summed E-state index contributed by atoms with van der Waals surface area (Å²) in [6.45, 7) is 4.31. The Morgan fingerprint density at radius 2 is 1.72 bits per heavy atom. The van der Waals surface area contributed by atoms with Crippen LogP contribution < -0.4 is 0 Å². The van der Waals surface area contributed by atoms with Crippen LogP contribution in [0.1, 0.15) is 36.8 Å². The van der Waals surface area contributed by atoms with Crippen LogP contribution in [0.3, 0.4) is 0 Å². The van der Waals surface area contributed by atoms with Crippen LogP contribution in [-0.4, -0.2) is 15.1 Å². The second-order valence-corrected chi connectivity index (χ2v) is 5.91. The van der Waals surface area contributed by atoms with Crippen LogP contribution in [0.2, 0.25) is 0 Å². The molecule has 0 unspecified atom stereocenters. The largest absolute Gasteiger partial charge is 0.334 e. The molecule has 25 heavy (non-hydrogen) atoms. The number of benzene rings is 2. The van der Waals surface area contributed by atoms with Gasteiger partial charge in [-0.1, -0.05) is 43.3 Å². The highest BCUT2D eigenvalue weighted by molar-refractivity contribution is 5.67. The first kappa shape index (κ1) is 16.6. The molecule has 6 heteroatoms. The summed E-state index contributed by atoms with van der Waals surface area (Å²) in [5, 5.41) is 14.6. The SMILES string of the molecule is CC(C)c1ccc(/C=C\c2nc(-c3ccc([N+](=O)[O-])cc3)no2)cc1. The molecule has 0 aliphatic rings. The van der Waals surface area contributed by atoms with Crippen LogP contribution in [0.5, 0.6) is 0 Å². The summed E-state index contributed by atoms with van der Waals surface area (Å²) in [5.41, 5.74) is 3.02. The van der Waals surface area contributed by atoms with E-state index in [0.29, 0.717) is 23.2 Å². The number of rotatable bonds is 5. The highest BCUT2D eigenvalue weighted by Gasteiger charge is 2.09. The first-order chi connectivity index (χ1) is 12.0. The molecule has 3 rings (SSSR count). The van der Waals surface area contributed by atoms with Gasteiger partial charge in [0.05, 0.1) is 4.92 Å². The average Bonchev–Trinajstić information content (AvgIpc) is 3.09. The summed E-state index contributed by atoms with van der Waals surface area (Å²) in [6, 6.07) is 14.3. The van der Waals surface area contributed by atoms with Crippen molar-refractivity contribution in [3.63, 3.8) is 0 Å². The minimum absolute atomic E-state index is 0.0252. The lowest BCUT2D eigenvalue weighted by Crippen LogP contribution is -1.87. The summed E-state index contributed by atoms with van der Waals surface area (Å²) in [5.74, 6) is 1.27. The van der Waals surface area contributed by atoms with Gasteiger partial charge in [-0.25, -0.2) is 0 Å². The second-order valence-electron chi connectivity index (χ2n) is 5.91. The molecule has 1 heterocycles.